The molecule has 2 aliphatic rings. The first-order chi connectivity index (χ1) is 11.9. The normalized spacial score (nSPS) is 20.8. The number of rotatable bonds is 8. The number of likely N-dealkylation sites (tertiary alicyclic amines) is 1. The second kappa shape index (κ2) is 7.85. The predicted molar refractivity (Wildman–Crippen MR) is 94.6 cm³/mol. The van der Waals surface area contributed by atoms with Gasteiger partial charge in [-0.25, -0.2) is 13.1 Å². The lowest BCUT2D eigenvalue weighted by atomic mass is 10.2. The molecule has 138 valence electrons. The molecular formula is C18H26N2O4S. The highest BCUT2D eigenvalue weighted by Gasteiger charge is 2.29. The molecule has 1 atom stereocenters. The summed E-state index contributed by atoms with van der Waals surface area (Å²) in [6.07, 6.45) is 3.69. The van der Waals surface area contributed by atoms with Crippen LogP contribution < -0.4 is 4.72 Å². The fourth-order valence-electron chi connectivity index (χ4n) is 2.96. The van der Waals surface area contributed by atoms with Crippen molar-refractivity contribution in [1.82, 2.24) is 9.62 Å². The Bertz CT molecular complexity index is 716. The minimum Gasteiger partial charge on any atom is -0.376 e. The monoisotopic (exact) mass is 366 g/mol. The summed E-state index contributed by atoms with van der Waals surface area (Å²) in [5.74, 6) is 0.699. The first kappa shape index (κ1) is 18.4. The Labute approximate surface area is 149 Å². The van der Waals surface area contributed by atoms with E-state index in [9.17, 15) is 13.2 Å². The van der Waals surface area contributed by atoms with E-state index >= 15 is 0 Å². The van der Waals surface area contributed by atoms with Crippen LogP contribution in [0.15, 0.2) is 29.2 Å². The molecule has 0 bridgehead atoms. The third kappa shape index (κ3) is 5.26. The van der Waals surface area contributed by atoms with Gasteiger partial charge in [-0.1, -0.05) is 12.1 Å². The fourth-order valence-corrected chi connectivity index (χ4v) is 4.10. The maximum absolute atomic E-state index is 12.3. The molecule has 0 spiro atoms. The average Bonchev–Trinajstić information content (AvgIpc) is 3.28. The summed E-state index contributed by atoms with van der Waals surface area (Å²) >= 11 is 0. The number of benzene rings is 1. The number of nitrogens with one attached hydrogen (secondary N) is 1. The van der Waals surface area contributed by atoms with Gasteiger partial charge in [-0.15, -0.1) is 0 Å². The maximum atomic E-state index is 12.3. The largest absolute Gasteiger partial charge is 0.376 e. The molecule has 6 nitrogen and oxygen atoms in total. The average molecular weight is 366 g/mol. The van der Waals surface area contributed by atoms with Gasteiger partial charge in [0.2, 0.25) is 15.9 Å². The van der Waals surface area contributed by atoms with Crippen molar-refractivity contribution in [1.29, 1.82) is 0 Å². The summed E-state index contributed by atoms with van der Waals surface area (Å²) in [4.78, 5) is 14.3. The van der Waals surface area contributed by atoms with E-state index in [0.717, 1.165) is 24.5 Å². The number of carbonyl (C=O) groups excluding carboxylic acids is 1. The van der Waals surface area contributed by atoms with Gasteiger partial charge < -0.3 is 9.64 Å². The van der Waals surface area contributed by atoms with E-state index in [1.807, 2.05) is 13.0 Å². The van der Waals surface area contributed by atoms with E-state index in [-0.39, 0.29) is 29.9 Å². The lowest BCUT2D eigenvalue weighted by molar-refractivity contribution is -0.130. The van der Waals surface area contributed by atoms with Crippen LogP contribution in [-0.4, -0.2) is 51.6 Å². The third-order valence-corrected chi connectivity index (χ3v) is 6.15. The number of hydrogen-bond donors (Lipinski definition) is 1. The molecular weight excluding hydrogens is 340 g/mol. The minimum absolute atomic E-state index is 0.0236. The number of ether oxygens (including phenoxy) is 1. The van der Waals surface area contributed by atoms with Crippen molar-refractivity contribution < 1.29 is 17.9 Å². The standard InChI is InChI=1S/C18H26N2O4S/c1-14-3-2-4-17(11-14)25(22,23)19-9-7-18(21)20-10-8-16(12-20)24-13-15-5-6-15/h2-4,11,15-16,19H,5-10,12-13H2,1H3/t16-/m0/s1. The molecule has 1 saturated carbocycles. The van der Waals surface area contributed by atoms with Crippen LogP contribution in [0.3, 0.4) is 0 Å². The van der Waals surface area contributed by atoms with Crippen LogP contribution in [0, 0.1) is 12.8 Å². The number of nitrogens with zero attached hydrogens (tertiary/aromatic N) is 1. The molecule has 25 heavy (non-hydrogen) atoms. The summed E-state index contributed by atoms with van der Waals surface area (Å²) < 4.78 is 32.8. The summed E-state index contributed by atoms with van der Waals surface area (Å²) in [6, 6.07) is 6.73. The van der Waals surface area contributed by atoms with Crippen LogP contribution >= 0.6 is 0 Å². The predicted octanol–water partition coefficient (Wildman–Crippen LogP) is 1.69. The number of sulfonamides is 1. The maximum Gasteiger partial charge on any atom is 0.240 e. The Kier molecular flexibility index (Phi) is 5.76. The number of aryl methyl sites for hydroxylation is 1. The second-order valence-electron chi connectivity index (χ2n) is 6.99. The Morgan fingerprint density at radius 3 is 2.84 bits per heavy atom. The van der Waals surface area contributed by atoms with Crippen molar-refractivity contribution in [3.8, 4) is 0 Å². The molecule has 0 aromatic heterocycles. The van der Waals surface area contributed by atoms with Gasteiger partial charge in [0.05, 0.1) is 11.0 Å². The van der Waals surface area contributed by atoms with Crippen LogP contribution in [-0.2, 0) is 19.6 Å². The highest BCUT2D eigenvalue weighted by atomic mass is 32.2. The van der Waals surface area contributed by atoms with Gasteiger partial charge in [-0.3, -0.25) is 4.79 Å². The highest BCUT2D eigenvalue weighted by molar-refractivity contribution is 7.89. The first-order valence-electron chi connectivity index (χ1n) is 8.90. The van der Waals surface area contributed by atoms with Crippen molar-refractivity contribution in [3.05, 3.63) is 29.8 Å². The molecule has 0 radical (unpaired) electrons. The topological polar surface area (TPSA) is 75.7 Å². The van der Waals surface area contributed by atoms with Gasteiger partial charge in [0.1, 0.15) is 0 Å². The Morgan fingerprint density at radius 2 is 2.12 bits per heavy atom. The van der Waals surface area contributed by atoms with E-state index in [2.05, 4.69) is 4.72 Å². The van der Waals surface area contributed by atoms with Gasteiger partial charge >= 0.3 is 0 Å². The first-order valence-corrected chi connectivity index (χ1v) is 10.4. The molecule has 1 N–H and O–H groups in total. The zero-order chi connectivity index (χ0) is 17.9. The molecule has 1 saturated heterocycles. The van der Waals surface area contributed by atoms with E-state index in [1.165, 1.54) is 12.8 Å². The van der Waals surface area contributed by atoms with E-state index in [0.29, 0.717) is 13.1 Å². The van der Waals surface area contributed by atoms with Crippen molar-refractivity contribution in [2.24, 2.45) is 5.92 Å². The van der Waals surface area contributed by atoms with E-state index in [4.69, 9.17) is 4.74 Å². The molecule has 1 aliphatic carbocycles. The van der Waals surface area contributed by atoms with E-state index < -0.39 is 10.0 Å². The molecule has 0 unspecified atom stereocenters. The molecule has 1 heterocycles. The Hall–Kier alpha value is -1.44. The fraction of sp³-hybridized carbons (Fsp3) is 0.611. The molecule has 2 fully saturated rings. The van der Waals surface area contributed by atoms with Gasteiger partial charge in [-0.2, -0.15) is 0 Å². The van der Waals surface area contributed by atoms with Crippen molar-refractivity contribution in [2.45, 2.75) is 43.6 Å². The van der Waals surface area contributed by atoms with Crippen LogP contribution in [0.1, 0.15) is 31.2 Å². The molecule has 1 aromatic carbocycles. The molecule has 1 aliphatic heterocycles. The smallest absolute Gasteiger partial charge is 0.240 e. The number of carbonyl (C=O) groups is 1. The lowest BCUT2D eigenvalue weighted by Gasteiger charge is -2.17. The summed E-state index contributed by atoms with van der Waals surface area (Å²) in [6.45, 7) is 4.08. The quantitative estimate of drug-likeness (QED) is 0.760. The number of amides is 1. The van der Waals surface area contributed by atoms with Crippen LogP contribution in [0.2, 0.25) is 0 Å². The van der Waals surface area contributed by atoms with Crippen LogP contribution in [0.25, 0.3) is 0 Å². The van der Waals surface area contributed by atoms with Gasteiger partial charge in [0.15, 0.2) is 0 Å². The molecule has 3 rings (SSSR count). The minimum atomic E-state index is -3.57. The summed E-state index contributed by atoms with van der Waals surface area (Å²) in [5.41, 5.74) is 0.883. The molecule has 7 heteroatoms. The molecule has 1 aromatic rings. The van der Waals surface area contributed by atoms with Crippen LogP contribution in [0.4, 0.5) is 0 Å². The Balaban J connectivity index is 1.41. The van der Waals surface area contributed by atoms with E-state index in [1.54, 1.807) is 23.1 Å². The summed E-state index contributed by atoms with van der Waals surface area (Å²) in [5, 5.41) is 0. The SMILES string of the molecule is Cc1cccc(S(=O)(=O)NCCC(=O)N2CC[C@H](OCC3CC3)C2)c1. The van der Waals surface area contributed by atoms with Gasteiger partial charge in [-0.05, 0) is 49.8 Å². The zero-order valence-corrected chi connectivity index (χ0v) is 15.4. The lowest BCUT2D eigenvalue weighted by Crippen LogP contribution is -2.34. The zero-order valence-electron chi connectivity index (χ0n) is 14.6. The van der Waals surface area contributed by atoms with Crippen molar-refractivity contribution in [3.63, 3.8) is 0 Å². The van der Waals surface area contributed by atoms with Crippen LogP contribution in [0.5, 0.6) is 0 Å². The van der Waals surface area contributed by atoms with Crippen molar-refractivity contribution in [2.75, 3.05) is 26.2 Å². The highest BCUT2D eigenvalue weighted by Crippen LogP contribution is 2.30. The van der Waals surface area contributed by atoms with Gasteiger partial charge in [0, 0.05) is 32.7 Å². The van der Waals surface area contributed by atoms with Gasteiger partial charge in [0.25, 0.3) is 0 Å². The van der Waals surface area contributed by atoms with Crippen molar-refractivity contribution >= 4 is 15.9 Å². The summed E-state index contributed by atoms with van der Waals surface area (Å²) in [7, 11) is -3.57. The molecule has 1 amide bonds. The number of hydrogen-bond acceptors (Lipinski definition) is 4. The second-order valence-corrected chi connectivity index (χ2v) is 8.76. The Morgan fingerprint density at radius 1 is 1.32 bits per heavy atom. The third-order valence-electron chi connectivity index (χ3n) is 4.69.